The van der Waals surface area contributed by atoms with Gasteiger partial charge in [-0.2, -0.15) is 18.3 Å². The van der Waals surface area contributed by atoms with E-state index in [-0.39, 0.29) is 17.9 Å². The summed E-state index contributed by atoms with van der Waals surface area (Å²) in [5.74, 6) is -0.437. The number of nitro groups is 1. The molecule has 0 aromatic heterocycles. The van der Waals surface area contributed by atoms with Crippen molar-refractivity contribution in [1.29, 1.82) is 0 Å². The number of halogens is 4. The highest BCUT2D eigenvalue weighted by Gasteiger charge is 2.30. The topological polar surface area (TPSA) is 93.8 Å². The molecule has 3 rings (SSSR count). The second-order valence-electron chi connectivity index (χ2n) is 6.68. The monoisotopic (exact) mass is 521 g/mol. The van der Waals surface area contributed by atoms with E-state index >= 15 is 0 Å². The predicted molar refractivity (Wildman–Crippen MR) is 118 cm³/mol. The van der Waals surface area contributed by atoms with Crippen LogP contribution < -0.4 is 10.2 Å². The van der Waals surface area contributed by atoms with Crippen molar-refractivity contribution >= 4 is 33.7 Å². The SMILES string of the molecule is O=C(N/N=C\c1cc(Br)ccc1OCc1cccc([N+](=O)[O-])c1)c1cccc(C(F)(F)F)c1. The summed E-state index contributed by atoms with van der Waals surface area (Å²) >= 11 is 3.32. The molecule has 0 bridgehead atoms. The van der Waals surface area contributed by atoms with Gasteiger partial charge in [-0.3, -0.25) is 14.9 Å². The lowest BCUT2D eigenvalue weighted by Crippen LogP contribution is -2.18. The number of amides is 1. The molecular formula is C22H15BrF3N3O4. The Balaban J connectivity index is 1.71. The van der Waals surface area contributed by atoms with Gasteiger partial charge in [-0.15, -0.1) is 0 Å². The van der Waals surface area contributed by atoms with Gasteiger partial charge in [0.05, 0.1) is 16.7 Å². The van der Waals surface area contributed by atoms with E-state index in [1.165, 1.54) is 24.4 Å². The molecule has 7 nitrogen and oxygen atoms in total. The molecule has 0 atom stereocenters. The van der Waals surface area contributed by atoms with Crippen LogP contribution in [0.1, 0.15) is 27.0 Å². The predicted octanol–water partition coefficient (Wildman–Crippen LogP) is 5.72. The molecule has 0 unspecified atom stereocenters. The summed E-state index contributed by atoms with van der Waals surface area (Å²) in [6.45, 7) is 0.0424. The van der Waals surface area contributed by atoms with Crippen LogP contribution in [0.5, 0.6) is 5.75 Å². The minimum atomic E-state index is -4.57. The summed E-state index contributed by atoms with van der Waals surface area (Å²) in [5, 5.41) is 14.7. The lowest BCUT2D eigenvalue weighted by atomic mass is 10.1. The van der Waals surface area contributed by atoms with E-state index in [1.807, 2.05) is 0 Å². The third kappa shape index (κ3) is 6.62. The van der Waals surface area contributed by atoms with Crippen LogP contribution >= 0.6 is 15.9 Å². The second kappa shape index (κ2) is 10.3. The normalized spacial score (nSPS) is 11.4. The molecule has 0 aliphatic carbocycles. The maximum Gasteiger partial charge on any atom is 0.416 e. The van der Waals surface area contributed by atoms with Gasteiger partial charge in [0, 0.05) is 27.7 Å². The molecule has 0 saturated carbocycles. The molecule has 11 heteroatoms. The molecule has 0 aliphatic heterocycles. The number of nitrogens with zero attached hydrogens (tertiary/aromatic N) is 2. The molecular weight excluding hydrogens is 507 g/mol. The average molecular weight is 522 g/mol. The second-order valence-corrected chi connectivity index (χ2v) is 7.59. The highest BCUT2D eigenvalue weighted by Crippen LogP contribution is 2.29. The summed E-state index contributed by atoms with van der Waals surface area (Å²) in [4.78, 5) is 22.6. The number of benzene rings is 3. The first kappa shape index (κ1) is 23.9. The van der Waals surface area contributed by atoms with E-state index < -0.39 is 22.6 Å². The van der Waals surface area contributed by atoms with Gasteiger partial charge >= 0.3 is 6.18 Å². The van der Waals surface area contributed by atoms with Gasteiger partial charge in [0.15, 0.2) is 0 Å². The molecule has 0 radical (unpaired) electrons. The van der Waals surface area contributed by atoms with Crippen LogP contribution in [0.4, 0.5) is 18.9 Å². The number of rotatable bonds is 7. The first-order chi connectivity index (χ1) is 15.6. The zero-order chi connectivity index (χ0) is 24.0. The molecule has 0 heterocycles. The van der Waals surface area contributed by atoms with Crippen molar-refractivity contribution in [1.82, 2.24) is 5.43 Å². The smallest absolute Gasteiger partial charge is 0.416 e. The van der Waals surface area contributed by atoms with Crippen LogP contribution in [0.2, 0.25) is 0 Å². The van der Waals surface area contributed by atoms with Crippen LogP contribution in [0, 0.1) is 10.1 Å². The number of nitrogens with one attached hydrogen (secondary N) is 1. The summed E-state index contributed by atoms with van der Waals surface area (Å²) in [5.41, 5.74) is 2.02. The van der Waals surface area contributed by atoms with Gasteiger partial charge in [-0.1, -0.05) is 34.1 Å². The van der Waals surface area contributed by atoms with Gasteiger partial charge in [0.25, 0.3) is 11.6 Å². The highest BCUT2D eigenvalue weighted by molar-refractivity contribution is 9.10. The number of hydrazone groups is 1. The van der Waals surface area contributed by atoms with E-state index in [9.17, 15) is 28.1 Å². The lowest BCUT2D eigenvalue weighted by Gasteiger charge is -2.10. The van der Waals surface area contributed by atoms with Crippen LogP contribution in [0.15, 0.2) is 76.3 Å². The number of alkyl halides is 3. The summed E-state index contributed by atoms with van der Waals surface area (Å²) in [7, 11) is 0. The number of carbonyl (C=O) groups excluding carboxylic acids is 1. The van der Waals surface area contributed by atoms with Crippen molar-refractivity contribution < 1.29 is 27.6 Å². The van der Waals surface area contributed by atoms with E-state index in [4.69, 9.17) is 4.74 Å². The maximum absolute atomic E-state index is 12.8. The third-order valence-electron chi connectivity index (χ3n) is 4.31. The minimum absolute atomic E-state index is 0.0424. The van der Waals surface area contributed by atoms with Crippen molar-refractivity contribution in [3.63, 3.8) is 0 Å². The highest BCUT2D eigenvalue weighted by atomic mass is 79.9. The molecule has 0 saturated heterocycles. The number of nitro benzene ring substituents is 1. The number of non-ortho nitro benzene ring substituents is 1. The fourth-order valence-corrected chi connectivity index (χ4v) is 3.11. The lowest BCUT2D eigenvalue weighted by molar-refractivity contribution is -0.384. The van der Waals surface area contributed by atoms with Crippen LogP contribution in [0.3, 0.4) is 0 Å². The largest absolute Gasteiger partial charge is 0.488 e. The summed E-state index contributed by atoms with van der Waals surface area (Å²) < 4.78 is 44.9. The zero-order valence-corrected chi connectivity index (χ0v) is 18.3. The molecule has 170 valence electrons. The maximum atomic E-state index is 12.8. The Morgan fingerprint density at radius 2 is 1.88 bits per heavy atom. The fraction of sp³-hybridized carbons (Fsp3) is 0.0909. The quantitative estimate of drug-likeness (QED) is 0.244. The Morgan fingerprint density at radius 3 is 2.61 bits per heavy atom. The van der Waals surface area contributed by atoms with Crippen molar-refractivity contribution in [2.75, 3.05) is 0 Å². The van der Waals surface area contributed by atoms with Gasteiger partial charge in [-0.05, 0) is 42.0 Å². The van der Waals surface area contributed by atoms with Gasteiger partial charge in [0.1, 0.15) is 12.4 Å². The Kier molecular flexibility index (Phi) is 7.44. The van der Waals surface area contributed by atoms with Gasteiger partial charge < -0.3 is 4.74 Å². The zero-order valence-electron chi connectivity index (χ0n) is 16.7. The molecule has 33 heavy (non-hydrogen) atoms. The Labute approximate surface area is 194 Å². The molecule has 1 amide bonds. The van der Waals surface area contributed by atoms with Crippen LogP contribution in [-0.2, 0) is 12.8 Å². The van der Waals surface area contributed by atoms with Crippen molar-refractivity contribution in [3.05, 3.63) is 104 Å². The Hall–Kier alpha value is -3.73. The number of hydrogen-bond donors (Lipinski definition) is 1. The fourth-order valence-electron chi connectivity index (χ4n) is 2.73. The average Bonchev–Trinajstić information content (AvgIpc) is 2.78. The number of carbonyl (C=O) groups is 1. The first-order valence-corrected chi connectivity index (χ1v) is 10.1. The van der Waals surface area contributed by atoms with Crippen molar-refractivity contribution in [2.24, 2.45) is 5.10 Å². The van der Waals surface area contributed by atoms with Crippen LogP contribution in [0.25, 0.3) is 0 Å². The first-order valence-electron chi connectivity index (χ1n) is 9.30. The molecule has 3 aromatic rings. The summed E-state index contributed by atoms with van der Waals surface area (Å²) in [6, 6.07) is 15.0. The van der Waals surface area contributed by atoms with Crippen molar-refractivity contribution in [3.8, 4) is 5.75 Å². The molecule has 1 N–H and O–H groups in total. The minimum Gasteiger partial charge on any atom is -0.488 e. The van der Waals surface area contributed by atoms with E-state index in [2.05, 4.69) is 26.5 Å². The standard InChI is InChI=1S/C22H15BrF3N3O4/c23-18-7-8-20(33-13-14-3-1-6-19(9-14)29(31)32)16(11-18)12-27-28-21(30)15-4-2-5-17(10-15)22(24,25)26/h1-12H,13H2,(H,28,30)/b27-12-. The Morgan fingerprint density at radius 1 is 1.12 bits per heavy atom. The van der Waals surface area contributed by atoms with E-state index in [1.54, 1.807) is 30.3 Å². The number of ether oxygens (including phenoxy) is 1. The number of hydrogen-bond acceptors (Lipinski definition) is 5. The van der Waals surface area contributed by atoms with E-state index in [0.29, 0.717) is 21.3 Å². The van der Waals surface area contributed by atoms with Gasteiger partial charge in [-0.25, -0.2) is 5.43 Å². The third-order valence-corrected chi connectivity index (χ3v) is 4.80. The molecule has 0 fully saturated rings. The molecule has 0 spiro atoms. The van der Waals surface area contributed by atoms with Crippen LogP contribution in [-0.4, -0.2) is 17.0 Å². The molecule has 3 aromatic carbocycles. The Bertz CT molecular complexity index is 1220. The molecule has 0 aliphatic rings. The van der Waals surface area contributed by atoms with E-state index in [0.717, 1.165) is 18.2 Å². The van der Waals surface area contributed by atoms with Gasteiger partial charge in [0.2, 0.25) is 0 Å². The van der Waals surface area contributed by atoms with Crippen molar-refractivity contribution in [2.45, 2.75) is 12.8 Å². The summed E-state index contributed by atoms with van der Waals surface area (Å²) in [6.07, 6.45) is -3.29.